The second kappa shape index (κ2) is 13.5. The highest BCUT2D eigenvalue weighted by Gasteiger charge is 2.58. The van der Waals surface area contributed by atoms with E-state index in [1.54, 1.807) is 0 Å². The maximum absolute atomic E-state index is 9.24. The molecule has 0 aliphatic heterocycles. The van der Waals surface area contributed by atoms with Crippen molar-refractivity contribution in [2.75, 3.05) is 0 Å². The van der Waals surface area contributed by atoms with Crippen LogP contribution in [0.1, 0.15) is 66.3 Å². The molecule has 0 radical (unpaired) electrons. The maximum atomic E-state index is 9.24. The monoisotopic (exact) mass is 724 g/mol. The second-order valence-corrected chi connectivity index (χ2v) is 16.9. The third kappa shape index (κ3) is 6.03. The van der Waals surface area contributed by atoms with Crippen LogP contribution in [0.3, 0.4) is 0 Å². The minimum Gasteiger partial charge on any atom is -0.208 e. The summed E-state index contributed by atoms with van der Waals surface area (Å²) in [4.78, 5) is 15.0. The summed E-state index contributed by atoms with van der Waals surface area (Å²) in [6.07, 6.45) is 7.86. The van der Waals surface area contributed by atoms with Crippen LogP contribution in [-0.2, 0) is 10.8 Å². The van der Waals surface area contributed by atoms with Crippen molar-refractivity contribution in [1.82, 2.24) is 15.0 Å². The van der Waals surface area contributed by atoms with E-state index in [1.165, 1.54) is 66.3 Å². The van der Waals surface area contributed by atoms with Gasteiger partial charge >= 0.3 is 0 Å². The lowest BCUT2D eigenvalue weighted by Gasteiger charge is -2.63. The van der Waals surface area contributed by atoms with Crippen LogP contribution >= 0.6 is 0 Å². The molecule has 4 aliphatic carbocycles. The molecule has 4 nitrogen and oxygen atoms in total. The summed E-state index contributed by atoms with van der Waals surface area (Å²) in [7, 11) is 0. The van der Waals surface area contributed by atoms with Gasteiger partial charge in [0.1, 0.15) is 0 Å². The summed E-state index contributed by atoms with van der Waals surface area (Å²) in [6, 6.07) is 54.2. The van der Waals surface area contributed by atoms with Gasteiger partial charge in [0.2, 0.25) is 0 Å². The lowest BCUT2D eigenvalue weighted by Crippen LogP contribution is -2.55. The predicted molar refractivity (Wildman–Crippen MR) is 226 cm³/mol. The molecule has 56 heavy (non-hydrogen) atoms. The Morgan fingerprint density at radius 3 is 1.34 bits per heavy atom. The first-order valence-electron chi connectivity index (χ1n) is 20.1. The molecule has 4 saturated carbocycles. The zero-order valence-corrected chi connectivity index (χ0v) is 32.0. The van der Waals surface area contributed by atoms with E-state index >= 15 is 0 Å². The fourth-order valence-corrected chi connectivity index (χ4v) is 11.1. The second-order valence-electron chi connectivity index (χ2n) is 16.9. The minimum atomic E-state index is 0.232. The van der Waals surface area contributed by atoms with Gasteiger partial charge < -0.3 is 0 Å². The van der Waals surface area contributed by atoms with Crippen molar-refractivity contribution in [2.24, 2.45) is 11.8 Å². The van der Waals surface area contributed by atoms with Gasteiger partial charge in [-0.3, -0.25) is 0 Å². The van der Waals surface area contributed by atoms with Crippen LogP contribution in [0.25, 0.3) is 56.4 Å². The summed E-state index contributed by atoms with van der Waals surface area (Å²) in [5.41, 5.74) is 14.4. The molecule has 2 unspecified atom stereocenters. The molecule has 0 N–H and O–H groups in total. The first-order chi connectivity index (χ1) is 27.4. The number of nitrogens with zero attached hydrogens (tertiary/aromatic N) is 4. The Morgan fingerprint density at radius 1 is 0.482 bits per heavy atom. The maximum Gasteiger partial charge on any atom is 0.164 e. The van der Waals surface area contributed by atoms with E-state index in [4.69, 9.17) is 15.0 Å². The Hall–Kier alpha value is -6.18. The summed E-state index contributed by atoms with van der Waals surface area (Å²) < 4.78 is 0. The Labute approximate surface area is 330 Å². The molecule has 0 saturated heterocycles. The predicted octanol–water partition coefficient (Wildman–Crippen LogP) is 12.5. The molecule has 0 spiro atoms. The molecule has 1 aromatic heterocycles. The van der Waals surface area contributed by atoms with E-state index in [1.807, 2.05) is 48.5 Å². The van der Waals surface area contributed by atoms with E-state index in [0.717, 1.165) is 45.2 Å². The number of benzene rings is 6. The van der Waals surface area contributed by atoms with Crippen LogP contribution in [0.4, 0.5) is 0 Å². The molecule has 6 aromatic carbocycles. The van der Waals surface area contributed by atoms with Gasteiger partial charge in [0.05, 0.1) is 11.6 Å². The smallest absolute Gasteiger partial charge is 0.164 e. The summed E-state index contributed by atoms with van der Waals surface area (Å²) in [5.74, 6) is 3.63. The molecule has 4 aliphatic rings. The standard InChI is InChI=1S/C52H44N4/c1-34-25-44(26-35(2)47(34)50-55-48(42-9-5-3-6-10-42)54-49(56-50)43-11-7-4-8-12-43)41-19-23-46(24-20-41)52-30-37-27-38(31-52)29-51(28-37,33-52)45-21-17-40(18-22-45)39-15-13-36(32-53)14-16-39/h3-26,37-38H,27-31,33H2,1-2H3. The zero-order chi connectivity index (χ0) is 37.9. The minimum absolute atomic E-state index is 0.232. The van der Waals surface area contributed by atoms with Crippen molar-refractivity contribution in [3.8, 4) is 62.5 Å². The normalized spacial score (nSPS) is 22.2. The van der Waals surface area contributed by atoms with Gasteiger partial charge in [0, 0.05) is 16.7 Å². The van der Waals surface area contributed by atoms with Crippen LogP contribution in [0, 0.1) is 37.0 Å². The Balaban J connectivity index is 0.944. The molecule has 1 heterocycles. The van der Waals surface area contributed by atoms with Gasteiger partial charge in [0.25, 0.3) is 0 Å². The molecule has 4 heteroatoms. The van der Waals surface area contributed by atoms with E-state index in [2.05, 4.69) is 117 Å². The topological polar surface area (TPSA) is 62.5 Å². The summed E-state index contributed by atoms with van der Waals surface area (Å²) in [5, 5.41) is 9.24. The van der Waals surface area contributed by atoms with Crippen molar-refractivity contribution in [3.63, 3.8) is 0 Å². The molecule has 11 rings (SSSR count). The summed E-state index contributed by atoms with van der Waals surface area (Å²) >= 11 is 0. The van der Waals surface area contributed by atoms with E-state index in [0.29, 0.717) is 23.0 Å². The van der Waals surface area contributed by atoms with Crippen molar-refractivity contribution < 1.29 is 0 Å². The first kappa shape index (κ1) is 34.3. The Morgan fingerprint density at radius 2 is 0.893 bits per heavy atom. The third-order valence-corrected chi connectivity index (χ3v) is 13.2. The van der Waals surface area contributed by atoms with Crippen molar-refractivity contribution >= 4 is 0 Å². The molecular weight excluding hydrogens is 681 g/mol. The van der Waals surface area contributed by atoms with Gasteiger partial charge in [-0.25, -0.2) is 15.0 Å². The molecule has 7 aromatic rings. The van der Waals surface area contributed by atoms with Gasteiger partial charge in [0.15, 0.2) is 17.5 Å². The van der Waals surface area contributed by atoms with Crippen molar-refractivity contribution in [2.45, 2.75) is 63.2 Å². The quantitative estimate of drug-likeness (QED) is 0.164. The van der Waals surface area contributed by atoms with Gasteiger partial charge in [-0.05, 0) is 132 Å². The highest BCUT2D eigenvalue weighted by Crippen LogP contribution is 2.66. The third-order valence-electron chi connectivity index (χ3n) is 13.2. The number of rotatable bonds is 7. The molecule has 272 valence electrons. The zero-order valence-electron chi connectivity index (χ0n) is 32.0. The van der Waals surface area contributed by atoms with Gasteiger partial charge in [-0.1, -0.05) is 133 Å². The number of hydrogen-bond acceptors (Lipinski definition) is 4. The van der Waals surface area contributed by atoms with E-state index < -0.39 is 0 Å². The molecular formula is C52H44N4. The summed E-state index contributed by atoms with van der Waals surface area (Å²) in [6.45, 7) is 4.36. The average molecular weight is 725 g/mol. The lowest BCUT2D eigenvalue weighted by atomic mass is 9.41. The fraction of sp³-hybridized carbons (Fsp3) is 0.231. The van der Waals surface area contributed by atoms with E-state index in [-0.39, 0.29) is 10.8 Å². The highest BCUT2D eigenvalue weighted by atomic mass is 15.0. The number of aryl methyl sites for hydroxylation is 2. The van der Waals surface area contributed by atoms with Crippen LogP contribution in [-0.4, -0.2) is 15.0 Å². The lowest BCUT2D eigenvalue weighted by molar-refractivity contribution is -0.0281. The number of hydrogen-bond donors (Lipinski definition) is 0. The average Bonchev–Trinajstić information content (AvgIpc) is 3.24. The largest absolute Gasteiger partial charge is 0.208 e. The molecule has 0 amide bonds. The van der Waals surface area contributed by atoms with Crippen LogP contribution in [0.5, 0.6) is 0 Å². The molecule has 4 fully saturated rings. The number of nitriles is 1. The van der Waals surface area contributed by atoms with Crippen molar-refractivity contribution in [1.29, 1.82) is 5.26 Å². The highest BCUT2D eigenvalue weighted by molar-refractivity contribution is 5.76. The molecule has 4 bridgehead atoms. The molecule has 2 atom stereocenters. The van der Waals surface area contributed by atoms with Gasteiger partial charge in [-0.2, -0.15) is 5.26 Å². The number of aromatic nitrogens is 3. The fourth-order valence-electron chi connectivity index (χ4n) is 11.1. The van der Waals surface area contributed by atoms with Crippen LogP contribution in [0.15, 0.2) is 146 Å². The van der Waals surface area contributed by atoms with Gasteiger partial charge in [-0.15, -0.1) is 0 Å². The van der Waals surface area contributed by atoms with E-state index in [9.17, 15) is 5.26 Å². The first-order valence-corrected chi connectivity index (χ1v) is 20.1. The Bertz CT molecular complexity index is 2510. The van der Waals surface area contributed by atoms with Crippen LogP contribution < -0.4 is 0 Å². The Kier molecular flexibility index (Phi) is 8.29. The SMILES string of the molecule is Cc1cc(-c2ccc(C34CC5CC(CC(c6ccc(-c7ccc(C#N)cc7)cc6)(C5)C3)C4)cc2)cc(C)c1-c1nc(-c2ccccc2)nc(-c2ccccc2)n1. The van der Waals surface area contributed by atoms with Crippen LogP contribution in [0.2, 0.25) is 0 Å². The van der Waals surface area contributed by atoms with Crippen molar-refractivity contribution in [3.05, 3.63) is 173 Å².